The molecule has 0 amide bonds. The fourth-order valence-corrected chi connectivity index (χ4v) is 7.89. The van der Waals surface area contributed by atoms with Crippen molar-refractivity contribution in [3.63, 3.8) is 0 Å². The number of aliphatic carboxylic acids is 2. The van der Waals surface area contributed by atoms with Gasteiger partial charge in [0.05, 0.1) is 42.3 Å². The largest absolute Gasteiger partial charge is 0.546 e. The molecule has 0 spiro atoms. The number of carbonyl (C=O) groups excluding carboxylic acids is 5. The molecular weight excluding hydrogens is 764 g/mol. The third-order valence-corrected chi connectivity index (χ3v) is 10.7. The highest BCUT2D eigenvalue weighted by atomic mass is 16.6. The van der Waals surface area contributed by atoms with Crippen molar-refractivity contribution in [3.8, 4) is 0 Å². The summed E-state index contributed by atoms with van der Waals surface area (Å²) in [5.41, 5.74) is 2.42. The van der Waals surface area contributed by atoms with E-state index in [0.29, 0.717) is 0 Å². The van der Waals surface area contributed by atoms with Crippen molar-refractivity contribution in [2.45, 2.75) is 65.1 Å². The van der Waals surface area contributed by atoms with Crippen LogP contribution in [-0.2, 0) is 44.5 Å². The Morgan fingerprint density at radius 3 is 1.85 bits per heavy atom. The molecule has 0 fully saturated rings. The quantitative estimate of drug-likeness (QED) is 0.0678. The van der Waals surface area contributed by atoms with Crippen molar-refractivity contribution in [2.75, 3.05) is 32.9 Å². The van der Waals surface area contributed by atoms with E-state index in [1.807, 2.05) is 6.07 Å². The zero-order chi connectivity index (χ0) is 42.7. The van der Waals surface area contributed by atoms with Crippen molar-refractivity contribution in [3.05, 3.63) is 107 Å². The molecule has 3 atom stereocenters. The van der Waals surface area contributed by atoms with E-state index in [1.165, 1.54) is 59.5 Å². The van der Waals surface area contributed by atoms with Crippen LogP contribution in [0.3, 0.4) is 0 Å². The molecule has 2 aliphatic heterocycles. The van der Waals surface area contributed by atoms with E-state index in [4.69, 9.17) is 18.9 Å². The molecule has 0 radical (unpaired) electrons. The number of aliphatic hydroxyl groups is 1. The topological polar surface area (TPSA) is 222 Å². The van der Waals surface area contributed by atoms with Crippen LogP contribution in [0.1, 0.15) is 78.4 Å². The second kappa shape index (κ2) is 19.4. The molecule has 0 bridgehead atoms. The molecule has 3 aromatic carbocycles. The van der Waals surface area contributed by atoms with Crippen LogP contribution in [0.5, 0.6) is 0 Å². The molecule has 312 valence electrons. The van der Waals surface area contributed by atoms with E-state index in [2.05, 4.69) is 34.7 Å². The van der Waals surface area contributed by atoms with Crippen LogP contribution in [0.4, 0.5) is 0 Å². The molecule has 3 heterocycles. The number of aliphatic hydroxyl groups excluding tert-OH is 1. The molecule has 1 aromatic heterocycles. The highest BCUT2D eigenvalue weighted by Gasteiger charge is 2.58. The number of H-pyrrole nitrogens is 1. The number of rotatable bonds is 15. The normalized spacial score (nSPS) is 16.9. The maximum Gasteiger partial charge on any atom is 0.349 e. The van der Waals surface area contributed by atoms with Crippen molar-refractivity contribution >= 4 is 52.4 Å². The zero-order valence-corrected chi connectivity index (χ0v) is 33.1. The molecule has 59 heavy (non-hydrogen) atoms. The molecule has 15 nitrogen and oxygen atoms in total. The third kappa shape index (κ3) is 9.36. The Hall–Kier alpha value is -6.35. The van der Waals surface area contributed by atoms with Gasteiger partial charge in [-0.3, -0.25) is 9.59 Å². The minimum atomic E-state index is -2.33. The second-order valence-corrected chi connectivity index (χ2v) is 14.2. The Morgan fingerprint density at radius 1 is 0.797 bits per heavy atom. The van der Waals surface area contributed by atoms with Gasteiger partial charge in [-0.2, -0.15) is 0 Å². The lowest BCUT2D eigenvalue weighted by Gasteiger charge is -2.41. The van der Waals surface area contributed by atoms with Gasteiger partial charge in [0.15, 0.2) is 11.5 Å². The maximum atomic E-state index is 13.2. The highest BCUT2D eigenvalue weighted by Crippen LogP contribution is 2.48. The number of hydrogen-bond acceptors (Lipinski definition) is 12. The monoisotopic (exact) mass is 812 g/mol. The molecule has 6 rings (SSSR count). The summed E-state index contributed by atoms with van der Waals surface area (Å²) in [5, 5.41) is 32.2. The van der Waals surface area contributed by atoms with Gasteiger partial charge in [0, 0.05) is 23.7 Å². The number of aromatic nitrogens is 1. The third-order valence-electron chi connectivity index (χ3n) is 10.7. The first-order chi connectivity index (χ1) is 28.4. The van der Waals surface area contributed by atoms with E-state index in [9.17, 15) is 44.1 Å². The number of para-hydroxylation sites is 1. The van der Waals surface area contributed by atoms with Gasteiger partial charge in [0.25, 0.3) is 0 Å². The summed E-state index contributed by atoms with van der Waals surface area (Å²) in [6.07, 6.45) is -0.985. The number of ether oxygens (including phenoxy) is 4. The van der Waals surface area contributed by atoms with Gasteiger partial charge >= 0.3 is 29.8 Å². The SMILES string of the molecule is CCOC(=O)C(CO)(C[C@@]1(CC)CCC[N+]2=C1c1[nH]c3ccccc3c1CC2)C(=O)OCC.O=C(O[C@@H](C(=O)[O-])[C@@H](OC(=O)c1ccccc1)C(=O)O)c1ccccc1. The van der Waals surface area contributed by atoms with Crippen LogP contribution in [0.2, 0.25) is 0 Å². The first-order valence-electron chi connectivity index (χ1n) is 19.5. The van der Waals surface area contributed by atoms with Crippen molar-refractivity contribution < 1.29 is 67.6 Å². The molecule has 4 aromatic rings. The average Bonchev–Trinajstić information content (AvgIpc) is 3.63. The van der Waals surface area contributed by atoms with Crippen molar-refractivity contribution in [1.82, 2.24) is 4.98 Å². The minimum Gasteiger partial charge on any atom is -0.546 e. The summed E-state index contributed by atoms with van der Waals surface area (Å²) in [7, 11) is 0. The van der Waals surface area contributed by atoms with Gasteiger partial charge < -0.3 is 44.0 Å². The number of nitrogens with zero attached hydrogens (tertiary/aromatic N) is 1. The number of aromatic amines is 1. The molecule has 15 heteroatoms. The van der Waals surface area contributed by atoms with E-state index in [0.717, 1.165) is 55.7 Å². The Bertz CT molecular complexity index is 2110. The number of fused-ring (bicyclic) bond motifs is 4. The van der Waals surface area contributed by atoms with Crippen LogP contribution >= 0.6 is 0 Å². The van der Waals surface area contributed by atoms with Crippen LogP contribution in [0.15, 0.2) is 84.9 Å². The van der Waals surface area contributed by atoms with Gasteiger partial charge in [0.2, 0.25) is 11.8 Å². The Balaban J connectivity index is 0.000000231. The zero-order valence-electron chi connectivity index (χ0n) is 33.1. The highest BCUT2D eigenvalue weighted by molar-refractivity contribution is 6.08. The molecule has 3 N–H and O–H groups in total. The number of benzene rings is 3. The number of hydrogen-bond donors (Lipinski definition) is 3. The van der Waals surface area contributed by atoms with E-state index < -0.39 is 65.5 Å². The lowest BCUT2D eigenvalue weighted by atomic mass is 9.62. The van der Waals surface area contributed by atoms with Gasteiger partial charge in [-0.1, -0.05) is 61.5 Å². The standard InChI is InChI=1S/C26H34N2O5.C18H14O8/c1-4-25(16-26(17-29,23(30)32-5-2)24(31)33-6-3)13-9-14-28-15-12-19-18-10-7-8-11-20(18)27-21(19)22(25)28;19-15(20)13(25-17(23)11-7-3-1-4-8-11)14(16(21)22)26-18(24)12-9-5-2-6-10-12/h7-8,10-11,29H,4-6,9,12-17H2,1-3H3;1-10,13-14H,(H,19,20)(H,21,22)/t25-;13-,14-/m11/s1. The first kappa shape index (κ1) is 43.8. The lowest BCUT2D eigenvalue weighted by molar-refractivity contribution is -0.538. The number of nitrogens with one attached hydrogen (secondary N) is 1. The molecule has 0 saturated heterocycles. The lowest BCUT2D eigenvalue weighted by Crippen LogP contribution is -2.54. The number of esters is 4. The van der Waals surface area contributed by atoms with Crippen LogP contribution < -0.4 is 5.11 Å². The van der Waals surface area contributed by atoms with Gasteiger partial charge in [0.1, 0.15) is 18.8 Å². The molecule has 2 aliphatic rings. The second-order valence-electron chi connectivity index (χ2n) is 14.2. The fraction of sp³-hybridized carbons (Fsp3) is 0.386. The van der Waals surface area contributed by atoms with Gasteiger partial charge in [-0.25, -0.2) is 19.0 Å². The fourth-order valence-electron chi connectivity index (χ4n) is 7.89. The number of carboxylic acids is 2. The molecule has 0 unspecified atom stereocenters. The molecular formula is C44H48N2O13. The maximum absolute atomic E-state index is 13.2. The summed E-state index contributed by atoms with van der Waals surface area (Å²) in [6, 6.07) is 23.0. The predicted molar refractivity (Wildman–Crippen MR) is 209 cm³/mol. The Morgan fingerprint density at radius 2 is 1.34 bits per heavy atom. The number of carbonyl (C=O) groups is 6. The molecule has 0 aliphatic carbocycles. The predicted octanol–water partition coefficient (Wildman–Crippen LogP) is 3.48. The summed E-state index contributed by atoms with van der Waals surface area (Å²) < 4.78 is 22.5. The summed E-state index contributed by atoms with van der Waals surface area (Å²) in [6.45, 7) is 6.98. The average molecular weight is 813 g/mol. The van der Waals surface area contributed by atoms with Crippen LogP contribution in [-0.4, -0.2) is 106 Å². The molecule has 0 saturated carbocycles. The van der Waals surface area contributed by atoms with Crippen molar-refractivity contribution in [1.29, 1.82) is 0 Å². The van der Waals surface area contributed by atoms with E-state index in [1.54, 1.807) is 26.0 Å². The summed E-state index contributed by atoms with van der Waals surface area (Å²) in [4.78, 5) is 76.7. The van der Waals surface area contributed by atoms with Crippen LogP contribution in [0, 0.1) is 10.8 Å². The van der Waals surface area contributed by atoms with E-state index >= 15 is 0 Å². The van der Waals surface area contributed by atoms with E-state index in [-0.39, 0.29) is 30.8 Å². The summed E-state index contributed by atoms with van der Waals surface area (Å²) >= 11 is 0. The Labute approximate surface area is 340 Å². The first-order valence-corrected chi connectivity index (χ1v) is 19.5. The summed E-state index contributed by atoms with van der Waals surface area (Å²) in [5.74, 6) is -7.40. The smallest absolute Gasteiger partial charge is 0.349 e. The minimum absolute atomic E-state index is 0.00252. The van der Waals surface area contributed by atoms with Crippen molar-refractivity contribution in [2.24, 2.45) is 10.8 Å². The number of carboxylic acid groups (broad SMARTS) is 2. The van der Waals surface area contributed by atoms with Gasteiger partial charge in [-0.05, 0) is 69.0 Å². The van der Waals surface area contributed by atoms with Gasteiger partial charge in [-0.15, -0.1) is 0 Å². The van der Waals surface area contributed by atoms with Crippen LogP contribution in [0.25, 0.3) is 10.9 Å². The Kier molecular flexibility index (Phi) is 14.4.